The number of hydrogen-bond donors (Lipinski definition) is 1. The third-order valence-corrected chi connectivity index (χ3v) is 4.32. The van der Waals surface area contributed by atoms with E-state index < -0.39 is 11.7 Å². The van der Waals surface area contributed by atoms with Crippen LogP contribution in [0.25, 0.3) is 17.1 Å². The quantitative estimate of drug-likeness (QED) is 0.519. The SMILES string of the molecule is FC(F)(F)c1ccc(-n2cnc(-c3ccccc3NCc3cccnc3)n2)cc1. The van der Waals surface area contributed by atoms with Gasteiger partial charge in [-0.1, -0.05) is 18.2 Å². The number of nitrogens with zero attached hydrogens (tertiary/aromatic N) is 4. The minimum Gasteiger partial charge on any atom is -0.380 e. The van der Waals surface area contributed by atoms with Crippen LogP contribution in [0.1, 0.15) is 11.1 Å². The highest BCUT2D eigenvalue weighted by molar-refractivity contribution is 5.73. The number of para-hydroxylation sites is 1. The molecule has 0 spiro atoms. The Kier molecular flexibility index (Phi) is 4.99. The van der Waals surface area contributed by atoms with E-state index in [-0.39, 0.29) is 0 Å². The van der Waals surface area contributed by atoms with Crippen molar-refractivity contribution in [2.45, 2.75) is 12.7 Å². The Bertz CT molecular complexity index is 1090. The second-order valence-electron chi connectivity index (χ2n) is 6.32. The summed E-state index contributed by atoms with van der Waals surface area (Å²) in [7, 11) is 0. The van der Waals surface area contributed by atoms with Gasteiger partial charge in [-0.25, -0.2) is 9.67 Å². The number of anilines is 1. The van der Waals surface area contributed by atoms with Crippen molar-refractivity contribution in [2.75, 3.05) is 5.32 Å². The third-order valence-electron chi connectivity index (χ3n) is 4.32. The Balaban J connectivity index is 1.57. The summed E-state index contributed by atoms with van der Waals surface area (Å²) in [6.45, 7) is 0.588. The van der Waals surface area contributed by atoms with Crippen molar-refractivity contribution in [3.05, 3.63) is 90.5 Å². The number of hydrogen-bond acceptors (Lipinski definition) is 4. The summed E-state index contributed by atoms with van der Waals surface area (Å²) < 4.78 is 39.7. The molecule has 0 saturated carbocycles. The van der Waals surface area contributed by atoms with E-state index >= 15 is 0 Å². The zero-order valence-corrected chi connectivity index (χ0v) is 15.1. The lowest BCUT2D eigenvalue weighted by Gasteiger charge is -2.10. The zero-order valence-electron chi connectivity index (χ0n) is 15.1. The lowest BCUT2D eigenvalue weighted by atomic mass is 10.1. The summed E-state index contributed by atoms with van der Waals surface area (Å²) in [5.74, 6) is 0.471. The molecule has 2 aromatic carbocycles. The molecule has 4 aromatic rings. The average molecular weight is 395 g/mol. The van der Waals surface area contributed by atoms with Gasteiger partial charge in [0.05, 0.1) is 11.3 Å². The molecule has 0 bridgehead atoms. The second kappa shape index (κ2) is 7.75. The molecule has 4 rings (SSSR count). The number of alkyl halides is 3. The number of rotatable bonds is 5. The van der Waals surface area contributed by atoms with Gasteiger partial charge in [-0.2, -0.15) is 13.2 Å². The maximum Gasteiger partial charge on any atom is 0.416 e. The lowest BCUT2D eigenvalue weighted by Crippen LogP contribution is -2.05. The smallest absolute Gasteiger partial charge is 0.380 e. The van der Waals surface area contributed by atoms with Crippen LogP contribution in [-0.4, -0.2) is 19.7 Å². The molecular formula is C21H16F3N5. The predicted molar refractivity (Wildman–Crippen MR) is 103 cm³/mol. The number of aromatic nitrogens is 4. The lowest BCUT2D eigenvalue weighted by molar-refractivity contribution is -0.137. The van der Waals surface area contributed by atoms with Gasteiger partial charge in [0, 0.05) is 30.2 Å². The summed E-state index contributed by atoms with van der Waals surface area (Å²) >= 11 is 0. The fourth-order valence-corrected chi connectivity index (χ4v) is 2.85. The predicted octanol–water partition coefficient (Wildman–Crippen LogP) is 4.96. The van der Waals surface area contributed by atoms with Crippen LogP contribution >= 0.6 is 0 Å². The molecule has 1 N–H and O–H groups in total. The van der Waals surface area contributed by atoms with Crippen LogP contribution in [0.2, 0.25) is 0 Å². The summed E-state index contributed by atoms with van der Waals surface area (Å²) in [5, 5.41) is 7.78. The Labute approximate surface area is 164 Å². The van der Waals surface area contributed by atoms with Gasteiger partial charge >= 0.3 is 6.18 Å². The Morgan fingerprint density at radius 3 is 2.45 bits per heavy atom. The van der Waals surface area contributed by atoms with Gasteiger partial charge < -0.3 is 5.32 Å². The molecule has 0 amide bonds. The number of benzene rings is 2. The van der Waals surface area contributed by atoms with Crippen molar-refractivity contribution in [3.8, 4) is 17.1 Å². The molecule has 0 aliphatic heterocycles. The van der Waals surface area contributed by atoms with Gasteiger partial charge in [0.15, 0.2) is 5.82 Å². The third kappa shape index (κ3) is 4.26. The first kappa shape index (κ1) is 18.7. The molecule has 8 heteroatoms. The van der Waals surface area contributed by atoms with E-state index in [9.17, 15) is 13.2 Å². The molecule has 29 heavy (non-hydrogen) atoms. The minimum absolute atomic E-state index is 0.471. The van der Waals surface area contributed by atoms with E-state index in [2.05, 4.69) is 20.4 Å². The second-order valence-corrected chi connectivity index (χ2v) is 6.32. The molecule has 146 valence electrons. The molecule has 0 saturated heterocycles. The maximum atomic E-state index is 12.7. The highest BCUT2D eigenvalue weighted by Gasteiger charge is 2.30. The van der Waals surface area contributed by atoms with Crippen molar-refractivity contribution in [1.82, 2.24) is 19.7 Å². The highest BCUT2D eigenvalue weighted by atomic mass is 19.4. The first-order valence-electron chi connectivity index (χ1n) is 8.82. The first-order valence-corrected chi connectivity index (χ1v) is 8.82. The Morgan fingerprint density at radius 2 is 1.72 bits per heavy atom. The van der Waals surface area contributed by atoms with Crippen molar-refractivity contribution in [1.29, 1.82) is 0 Å². The summed E-state index contributed by atoms with van der Waals surface area (Å²) in [5.41, 5.74) is 2.47. The molecule has 0 fully saturated rings. The molecule has 0 radical (unpaired) electrons. The molecule has 0 unspecified atom stereocenters. The van der Waals surface area contributed by atoms with Crippen LogP contribution in [0.5, 0.6) is 0 Å². The van der Waals surface area contributed by atoms with E-state index in [4.69, 9.17) is 0 Å². The fraction of sp³-hybridized carbons (Fsp3) is 0.0952. The van der Waals surface area contributed by atoms with Gasteiger partial charge in [0.2, 0.25) is 0 Å². The maximum absolute atomic E-state index is 12.7. The highest BCUT2D eigenvalue weighted by Crippen LogP contribution is 2.30. The number of pyridine rings is 1. The average Bonchev–Trinajstić information content (AvgIpc) is 3.23. The molecule has 2 aromatic heterocycles. The van der Waals surface area contributed by atoms with Gasteiger partial charge in [-0.05, 0) is 48.0 Å². The van der Waals surface area contributed by atoms with Gasteiger partial charge in [0.25, 0.3) is 0 Å². The van der Waals surface area contributed by atoms with E-state index in [1.807, 2.05) is 36.4 Å². The molecular weight excluding hydrogens is 379 g/mol. The molecule has 0 aliphatic rings. The van der Waals surface area contributed by atoms with Gasteiger partial charge in [-0.15, -0.1) is 5.10 Å². The Hall–Kier alpha value is -3.68. The van der Waals surface area contributed by atoms with Crippen molar-refractivity contribution >= 4 is 5.69 Å². The van der Waals surface area contributed by atoms with E-state index in [0.717, 1.165) is 28.9 Å². The summed E-state index contributed by atoms with van der Waals surface area (Å²) in [6, 6.07) is 16.2. The summed E-state index contributed by atoms with van der Waals surface area (Å²) in [4.78, 5) is 8.42. The van der Waals surface area contributed by atoms with Crippen LogP contribution in [0.3, 0.4) is 0 Å². The fourth-order valence-electron chi connectivity index (χ4n) is 2.85. The van der Waals surface area contributed by atoms with Crippen molar-refractivity contribution in [3.63, 3.8) is 0 Å². The van der Waals surface area contributed by atoms with Crippen LogP contribution in [0.15, 0.2) is 79.4 Å². The monoisotopic (exact) mass is 395 g/mol. The standard InChI is InChI=1S/C21H16F3N5/c22-21(23,24)16-7-9-17(10-8-16)29-14-27-20(28-29)18-5-1-2-6-19(18)26-13-15-4-3-11-25-12-15/h1-12,14,26H,13H2. The van der Waals surface area contributed by atoms with Gasteiger partial charge in [0.1, 0.15) is 6.33 Å². The van der Waals surface area contributed by atoms with Crippen LogP contribution in [0, 0.1) is 0 Å². The normalized spacial score (nSPS) is 11.4. The number of halogens is 3. The molecule has 0 atom stereocenters. The van der Waals surface area contributed by atoms with E-state index in [0.29, 0.717) is 18.1 Å². The number of nitrogens with one attached hydrogen (secondary N) is 1. The first-order chi connectivity index (χ1) is 14.0. The van der Waals surface area contributed by atoms with Crippen LogP contribution in [0.4, 0.5) is 18.9 Å². The van der Waals surface area contributed by atoms with Crippen LogP contribution < -0.4 is 5.32 Å². The van der Waals surface area contributed by atoms with Gasteiger partial charge in [-0.3, -0.25) is 4.98 Å². The van der Waals surface area contributed by atoms with E-state index in [1.54, 1.807) is 12.4 Å². The molecule has 0 aliphatic carbocycles. The summed E-state index contributed by atoms with van der Waals surface area (Å²) in [6.07, 6.45) is 0.614. The topological polar surface area (TPSA) is 55.6 Å². The Morgan fingerprint density at radius 1 is 0.931 bits per heavy atom. The van der Waals surface area contributed by atoms with Crippen molar-refractivity contribution in [2.24, 2.45) is 0 Å². The molecule has 5 nitrogen and oxygen atoms in total. The van der Waals surface area contributed by atoms with Crippen LogP contribution in [-0.2, 0) is 12.7 Å². The van der Waals surface area contributed by atoms with Crippen molar-refractivity contribution < 1.29 is 13.2 Å². The van der Waals surface area contributed by atoms with E-state index in [1.165, 1.54) is 23.1 Å². The largest absolute Gasteiger partial charge is 0.416 e. The minimum atomic E-state index is -4.37. The molecule has 2 heterocycles. The zero-order chi connectivity index (χ0) is 20.3.